The first-order valence-electron chi connectivity index (χ1n) is 6.68. The van der Waals surface area contributed by atoms with Crippen LogP contribution in [0, 0.1) is 0 Å². The first kappa shape index (κ1) is 13.2. The number of carbonyl (C=O) groups is 1. The molecule has 0 saturated carbocycles. The van der Waals surface area contributed by atoms with Crippen molar-refractivity contribution in [3.63, 3.8) is 0 Å². The molecule has 4 nitrogen and oxygen atoms in total. The van der Waals surface area contributed by atoms with E-state index in [9.17, 15) is 13.2 Å². The number of pyridine rings is 1. The first-order chi connectivity index (χ1) is 9.58. The zero-order valence-electron chi connectivity index (χ0n) is 11.0. The number of hydrogen-bond donors (Lipinski definition) is 0. The Morgan fingerprint density at radius 1 is 1.20 bits per heavy atom. The van der Waals surface area contributed by atoms with Gasteiger partial charge in [-0.15, -0.1) is 0 Å². The molecule has 1 aliphatic rings. The highest BCUT2D eigenvalue weighted by molar-refractivity contribution is 7.92. The number of Topliss-reactive ketones (excluding diaryl/α,β-unsaturated/α-hetero) is 1. The molecule has 104 valence electrons. The molecule has 1 saturated heterocycles. The Morgan fingerprint density at radius 3 is 2.85 bits per heavy atom. The first-order valence-corrected chi connectivity index (χ1v) is 8.40. The van der Waals surface area contributed by atoms with Gasteiger partial charge in [0, 0.05) is 17.1 Å². The van der Waals surface area contributed by atoms with Crippen molar-refractivity contribution in [2.45, 2.75) is 24.5 Å². The summed E-state index contributed by atoms with van der Waals surface area (Å²) in [6.07, 6.45) is 3.54. The zero-order valence-corrected chi connectivity index (χ0v) is 11.8. The molecule has 2 heterocycles. The fraction of sp³-hybridized carbons (Fsp3) is 0.333. The summed E-state index contributed by atoms with van der Waals surface area (Å²) in [5, 5.41) is 0.0629. The number of hydrogen-bond acceptors (Lipinski definition) is 4. The second kappa shape index (κ2) is 4.98. The van der Waals surface area contributed by atoms with Gasteiger partial charge in [0.2, 0.25) is 0 Å². The predicted octanol–water partition coefficient (Wildman–Crippen LogP) is 2.38. The summed E-state index contributed by atoms with van der Waals surface area (Å²) in [4.78, 5) is 16.7. The van der Waals surface area contributed by atoms with Crippen LogP contribution in [0.3, 0.4) is 0 Å². The summed E-state index contributed by atoms with van der Waals surface area (Å²) >= 11 is 0. The van der Waals surface area contributed by atoms with Gasteiger partial charge in [0.1, 0.15) is 5.25 Å². The fourth-order valence-corrected chi connectivity index (χ4v) is 4.53. The lowest BCUT2D eigenvalue weighted by atomic mass is 10.0. The molecule has 0 amide bonds. The molecule has 5 heteroatoms. The molecular formula is C15H15NO3S. The molecule has 1 unspecified atom stereocenters. The van der Waals surface area contributed by atoms with Crippen LogP contribution in [0.2, 0.25) is 0 Å². The lowest BCUT2D eigenvalue weighted by Gasteiger charge is -2.21. The molecule has 1 atom stereocenters. The van der Waals surface area contributed by atoms with Crippen molar-refractivity contribution >= 4 is 26.5 Å². The van der Waals surface area contributed by atoms with Crippen LogP contribution in [0.25, 0.3) is 10.9 Å². The van der Waals surface area contributed by atoms with Crippen molar-refractivity contribution in [2.24, 2.45) is 0 Å². The van der Waals surface area contributed by atoms with Crippen molar-refractivity contribution in [3.8, 4) is 0 Å². The Kier molecular flexibility index (Phi) is 3.30. The van der Waals surface area contributed by atoms with Gasteiger partial charge in [-0.25, -0.2) is 8.42 Å². The molecule has 3 rings (SSSR count). The van der Waals surface area contributed by atoms with Crippen LogP contribution in [0.5, 0.6) is 0 Å². The van der Waals surface area contributed by atoms with Crippen LogP contribution in [0.15, 0.2) is 36.5 Å². The van der Waals surface area contributed by atoms with Crippen LogP contribution in [0.4, 0.5) is 0 Å². The van der Waals surface area contributed by atoms with Crippen molar-refractivity contribution in [2.75, 3.05) is 5.75 Å². The largest absolute Gasteiger partial charge is 0.293 e. The number of benzene rings is 1. The number of rotatable bonds is 2. The summed E-state index contributed by atoms with van der Waals surface area (Å²) in [5.41, 5.74) is 1.15. The third kappa shape index (κ3) is 2.33. The van der Waals surface area contributed by atoms with E-state index in [1.807, 2.05) is 18.2 Å². The van der Waals surface area contributed by atoms with Crippen LogP contribution in [-0.2, 0) is 9.84 Å². The normalized spacial score (nSPS) is 21.7. The maximum absolute atomic E-state index is 12.5. The average molecular weight is 289 g/mol. The number of fused-ring (bicyclic) bond motifs is 1. The average Bonchev–Trinajstić information content (AvgIpc) is 2.45. The minimum atomic E-state index is -3.29. The Morgan fingerprint density at radius 2 is 2.05 bits per heavy atom. The Hall–Kier alpha value is -1.75. The van der Waals surface area contributed by atoms with Gasteiger partial charge in [0.05, 0.1) is 11.3 Å². The maximum Gasteiger partial charge on any atom is 0.181 e. The van der Waals surface area contributed by atoms with E-state index in [1.165, 1.54) is 0 Å². The lowest BCUT2D eigenvalue weighted by molar-refractivity contribution is 0.0981. The minimum Gasteiger partial charge on any atom is -0.293 e. The Labute approximate surface area is 117 Å². The highest BCUT2D eigenvalue weighted by Crippen LogP contribution is 2.24. The molecule has 0 N–H and O–H groups in total. The standard InChI is InChI=1S/C15H15NO3S/c17-15(14-5-1-2-9-20(14,18)19)12-7-6-11-4-3-8-16-13(11)10-12/h3-4,6-8,10,14H,1-2,5,9H2. The van der Waals surface area contributed by atoms with Crippen molar-refractivity contribution < 1.29 is 13.2 Å². The molecule has 1 aliphatic heterocycles. The van der Waals surface area contributed by atoms with E-state index in [4.69, 9.17) is 0 Å². The second-order valence-corrected chi connectivity index (χ2v) is 7.43. The smallest absolute Gasteiger partial charge is 0.181 e. The fourth-order valence-electron chi connectivity index (χ4n) is 2.65. The lowest BCUT2D eigenvalue weighted by Crippen LogP contribution is -2.35. The molecule has 1 aromatic carbocycles. The third-order valence-corrected chi connectivity index (χ3v) is 5.94. The van der Waals surface area contributed by atoms with E-state index in [1.54, 1.807) is 18.3 Å². The number of nitrogens with zero attached hydrogens (tertiary/aromatic N) is 1. The Bertz CT molecular complexity index is 768. The van der Waals surface area contributed by atoms with Crippen LogP contribution < -0.4 is 0 Å². The van der Waals surface area contributed by atoms with Gasteiger partial charge >= 0.3 is 0 Å². The zero-order chi connectivity index (χ0) is 14.2. The molecule has 2 aromatic rings. The van der Waals surface area contributed by atoms with E-state index >= 15 is 0 Å². The summed E-state index contributed by atoms with van der Waals surface area (Å²) in [7, 11) is -3.29. The van der Waals surface area contributed by atoms with Gasteiger partial charge in [0.25, 0.3) is 0 Å². The molecule has 20 heavy (non-hydrogen) atoms. The molecule has 0 radical (unpaired) electrons. The van der Waals surface area contributed by atoms with Crippen LogP contribution in [-0.4, -0.2) is 30.2 Å². The number of sulfone groups is 1. The van der Waals surface area contributed by atoms with E-state index < -0.39 is 15.1 Å². The van der Waals surface area contributed by atoms with E-state index in [0.717, 1.165) is 11.8 Å². The molecule has 0 aliphatic carbocycles. The van der Waals surface area contributed by atoms with Crippen LogP contribution in [0.1, 0.15) is 29.6 Å². The molecule has 0 bridgehead atoms. The third-order valence-electron chi connectivity index (χ3n) is 3.76. The summed E-state index contributed by atoms with van der Waals surface area (Å²) in [6, 6.07) is 8.92. The predicted molar refractivity (Wildman–Crippen MR) is 77.5 cm³/mol. The van der Waals surface area contributed by atoms with Gasteiger partial charge in [-0.1, -0.05) is 24.6 Å². The molecular weight excluding hydrogens is 274 g/mol. The Balaban J connectivity index is 2.00. The van der Waals surface area contributed by atoms with E-state index in [2.05, 4.69) is 4.98 Å². The van der Waals surface area contributed by atoms with Gasteiger partial charge in [-0.05, 0) is 25.0 Å². The number of carbonyl (C=O) groups excluding carboxylic acids is 1. The summed E-state index contributed by atoms with van der Waals surface area (Å²) in [6.45, 7) is 0. The van der Waals surface area contributed by atoms with Gasteiger partial charge in [0.15, 0.2) is 15.6 Å². The molecule has 0 spiro atoms. The number of ketones is 1. The van der Waals surface area contributed by atoms with Crippen molar-refractivity contribution in [1.82, 2.24) is 4.98 Å². The van der Waals surface area contributed by atoms with E-state index in [-0.39, 0.29) is 11.5 Å². The van der Waals surface area contributed by atoms with Crippen molar-refractivity contribution in [1.29, 1.82) is 0 Å². The number of aromatic nitrogens is 1. The molecule has 1 aromatic heterocycles. The van der Waals surface area contributed by atoms with Crippen LogP contribution >= 0.6 is 0 Å². The van der Waals surface area contributed by atoms with Gasteiger partial charge in [-0.3, -0.25) is 9.78 Å². The minimum absolute atomic E-state index is 0.120. The monoisotopic (exact) mass is 289 g/mol. The maximum atomic E-state index is 12.5. The highest BCUT2D eigenvalue weighted by Gasteiger charge is 2.35. The van der Waals surface area contributed by atoms with Gasteiger partial charge < -0.3 is 0 Å². The summed E-state index contributed by atoms with van der Waals surface area (Å²) < 4.78 is 24.0. The van der Waals surface area contributed by atoms with Crippen molar-refractivity contribution in [3.05, 3.63) is 42.1 Å². The molecule has 1 fully saturated rings. The topological polar surface area (TPSA) is 64.1 Å². The quantitative estimate of drug-likeness (QED) is 0.796. The second-order valence-electron chi connectivity index (χ2n) is 5.13. The SMILES string of the molecule is O=C(c1ccc2cccnc2c1)C1CCCCS1(=O)=O. The highest BCUT2D eigenvalue weighted by atomic mass is 32.2. The van der Waals surface area contributed by atoms with E-state index in [0.29, 0.717) is 23.9 Å². The van der Waals surface area contributed by atoms with Gasteiger partial charge in [-0.2, -0.15) is 0 Å². The summed E-state index contributed by atoms with van der Waals surface area (Å²) in [5.74, 6) is -0.174.